The van der Waals surface area contributed by atoms with Crippen molar-refractivity contribution in [3.05, 3.63) is 108 Å². The van der Waals surface area contributed by atoms with Gasteiger partial charge in [-0.1, -0.05) is 84.9 Å². The molecule has 0 amide bonds. The number of phenolic OH excluding ortho intramolecular Hbond substituents is 2. The maximum Gasteiger partial charge on any atom is 0.193 e. The molecule has 0 saturated heterocycles. The summed E-state index contributed by atoms with van der Waals surface area (Å²) in [6, 6.07) is 28.3. The molecule has 0 radical (unpaired) electrons. The highest BCUT2D eigenvalue weighted by Gasteiger charge is 2.21. The summed E-state index contributed by atoms with van der Waals surface area (Å²) in [5.41, 5.74) is 3.45. The lowest BCUT2D eigenvalue weighted by atomic mass is 9.87. The SMILES string of the molecule is O=C(c1ccccc1)c1cccc(-c2ccccc2O)c1-c1ccccc1O. The summed E-state index contributed by atoms with van der Waals surface area (Å²) in [5, 5.41) is 20.9. The molecule has 4 aromatic carbocycles. The minimum Gasteiger partial charge on any atom is -0.507 e. The molecule has 0 spiro atoms. The van der Waals surface area contributed by atoms with E-state index in [0.717, 1.165) is 0 Å². The molecule has 0 saturated carbocycles. The lowest BCUT2D eigenvalue weighted by Gasteiger charge is -2.17. The highest BCUT2D eigenvalue weighted by atomic mass is 16.3. The van der Waals surface area contributed by atoms with Gasteiger partial charge in [-0.25, -0.2) is 0 Å². The maximum atomic E-state index is 13.3. The molecule has 0 aliphatic carbocycles. The van der Waals surface area contributed by atoms with Crippen molar-refractivity contribution in [2.75, 3.05) is 0 Å². The molecule has 0 aliphatic heterocycles. The van der Waals surface area contributed by atoms with Crippen molar-refractivity contribution >= 4 is 5.78 Å². The minimum absolute atomic E-state index is 0.0764. The van der Waals surface area contributed by atoms with Gasteiger partial charge in [0.2, 0.25) is 0 Å². The van der Waals surface area contributed by atoms with Crippen LogP contribution in [0.5, 0.6) is 11.5 Å². The van der Waals surface area contributed by atoms with Gasteiger partial charge >= 0.3 is 0 Å². The van der Waals surface area contributed by atoms with Crippen LogP contribution in [0.1, 0.15) is 15.9 Å². The average Bonchev–Trinajstić information content (AvgIpc) is 2.74. The highest BCUT2D eigenvalue weighted by Crippen LogP contribution is 2.42. The van der Waals surface area contributed by atoms with Gasteiger partial charge in [0.25, 0.3) is 0 Å². The van der Waals surface area contributed by atoms with Crippen molar-refractivity contribution < 1.29 is 15.0 Å². The third kappa shape index (κ3) is 3.14. The van der Waals surface area contributed by atoms with Crippen LogP contribution in [0.25, 0.3) is 22.3 Å². The normalized spacial score (nSPS) is 10.6. The molecule has 0 heterocycles. The van der Waals surface area contributed by atoms with Crippen molar-refractivity contribution in [1.29, 1.82) is 0 Å². The Kier molecular flexibility index (Phi) is 4.65. The van der Waals surface area contributed by atoms with Gasteiger partial charge in [0.1, 0.15) is 11.5 Å². The molecule has 0 aliphatic rings. The average molecular weight is 366 g/mol. The van der Waals surface area contributed by atoms with E-state index in [2.05, 4.69) is 0 Å². The maximum absolute atomic E-state index is 13.3. The molecule has 136 valence electrons. The Morgan fingerprint density at radius 3 is 1.71 bits per heavy atom. The molecule has 0 aromatic heterocycles. The fraction of sp³-hybridized carbons (Fsp3) is 0. The Morgan fingerprint density at radius 1 is 0.536 bits per heavy atom. The second-order valence-corrected chi connectivity index (χ2v) is 6.46. The predicted molar refractivity (Wildman–Crippen MR) is 111 cm³/mol. The summed E-state index contributed by atoms with van der Waals surface area (Å²) < 4.78 is 0. The molecule has 0 fully saturated rings. The Hall–Kier alpha value is -3.85. The number of hydrogen-bond acceptors (Lipinski definition) is 3. The lowest BCUT2D eigenvalue weighted by Crippen LogP contribution is -2.04. The van der Waals surface area contributed by atoms with Crippen molar-refractivity contribution in [3.8, 4) is 33.8 Å². The summed E-state index contributed by atoms with van der Waals surface area (Å²) >= 11 is 0. The Morgan fingerprint density at radius 2 is 1.07 bits per heavy atom. The van der Waals surface area contributed by atoms with Gasteiger partial charge in [0.05, 0.1) is 0 Å². The number of benzene rings is 4. The second kappa shape index (κ2) is 7.41. The summed E-state index contributed by atoms with van der Waals surface area (Å²) in [7, 11) is 0. The zero-order valence-electron chi connectivity index (χ0n) is 15.0. The number of rotatable bonds is 4. The fourth-order valence-corrected chi connectivity index (χ4v) is 3.39. The summed E-state index contributed by atoms with van der Waals surface area (Å²) in [6.07, 6.45) is 0. The predicted octanol–water partition coefficient (Wildman–Crippen LogP) is 5.66. The van der Waals surface area contributed by atoms with Crippen molar-refractivity contribution in [3.63, 3.8) is 0 Å². The monoisotopic (exact) mass is 366 g/mol. The molecule has 4 aromatic rings. The number of ketones is 1. The third-order valence-electron chi connectivity index (χ3n) is 4.71. The van der Waals surface area contributed by atoms with E-state index in [1.807, 2.05) is 36.4 Å². The second-order valence-electron chi connectivity index (χ2n) is 6.46. The highest BCUT2D eigenvalue weighted by molar-refractivity contribution is 6.15. The van der Waals surface area contributed by atoms with Crippen LogP contribution in [-0.2, 0) is 0 Å². The van der Waals surface area contributed by atoms with Crippen LogP contribution >= 0.6 is 0 Å². The van der Waals surface area contributed by atoms with Gasteiger partial charge in [-0.2, -0.15) is 0 Å². The Bertz CT molecular complexity index is 1150. The number of carbonyl (C=O) groups is 1. The van der Waals surface area contributed by atoms with E-state index in [0.29, 0.717) is 33.4 Å². The first-order valence-corrected chi connectivity index (χ1v) is 8.96. The molecular formula is C25H18O3. The fourth-order valence-electron chi connectivity index (χ4n) is 3.39. The molecule has 3 nitrogen and oxygen atoms in total. The molecule has 0 atom stereocenters. The lowest BCUT2D eigenvalue weighted by molar-refractivity contribution is 0.103. The van der Waals surface area contributed by atoms with Crippen LogP contribution in [0, 0.1) is 0 Å². The van der Waals surface area contributed by atoms with Gasteiger partial charge in [0, 0.05) is 27.8 Å². The molecule has 28 heavy (non-hydrogen) atoms. The first-order valence-electron chi connectivity index (χ1n) is 8.96. The van der Waals surface area contributed by atoms with E-state index < -0.39 is 0 Å². The molecule has 2 N–H and O–H groups in total. The topological polar surface area (TPSA) is 57.5 Å². The van der Waals surface area contributed by atoms with Crippen LogP contribution in [0.3, 0.4) is 0 Å². The van der Waals surface area contributed by atoms with E-state index >= 15 is 0 Å². The van der Waals surface area contributed by atoms with Gasteiger partial charge in [-0.15, -0.1) is 0 Å². The number of aromatic hydroxyl groups is 2. The van der Waals surface area contributed by atoms with E-state index in [1.54, 1.807) is 60.7 Å². The zero-order chi connectivity index (χ0) is 19.5. The van der Waals surface area contributed by atoms with E-state index in [4.69, 9.17) is 0 Å². The summed E-state index contributed by atoms with van der Waals surface area (Å²) in [4.78, 5) is 13.3. The summed E-state index contributed by atoms with van der Waals surface area (Å²) in [5.74, 6) is 0.0482. The number of carbonyl (C=O) groups excluding carboxylic acids is 1. The zero-order valence-corrected chi connectivity index (χ0v) is 15.0. The number of phenols is 2. The van der Waals surface area contributed by atoms with Crippen molar-refractivity contribution in [2.45, 2.75) is 0 Å². The van der Waals surface area contributed by atoms with Gasteiger partial charge < -0.3 is 10.2 Å². The molecule has 0 unspecified atom stereocenters. The molecule has 3 heteroatoms. The largest absolute Gasteiger partial charge is 0.507 e. The van der Waals surface area contributed by atoms with Crippen LogP contribution in [0.4, 0.5) is 0 Å². The first-order chi connectivity index (χ1) is 13.7. The Balaban J connectivity index is 2.03. The Labute approximate surface area is 163 Å². The number of hydrogen-bond donors (Lipinski definition) is 2. The van der Waals surface area contributed by atoms with E-state index in [1.165, 1.54) is 0 Å². The van der Waals surface area contributed by atoms with Crippen LogP contribution in [0.2, 0.25) is 0 Å². The first kappa shape index (κ1) is 17.6. The van der Waals surface area contributed by atoms with Crippen molar-refractivity contribution in [1.82, 2.24) is 0 Å². The van der Waals surface area contributed by atoms with E-state index in [9.17, 15) is 15.0 Å². The minimum atomic E-state index is -0.142. The van der Waals surface area contributed by atoms with Gasteiger partial charge in [0.15, 0.2) is 5.78 Å². The third-order valence-corrected chi connectivity index (χ3v) is 4.71. The smallest absolute Gasteiger partial charge is 0.193 e. The molecule has 4 rings (SSSR count). The standard InChI is InChI=1S/C25H18O3/c26-22-15-6-4-11-18(22)19-13-8-14-21(25(28)17-9-2-1-3-10-17)24(19)20-12-5-7-16-23(20)27/h1-16,26-27H. The van der Waals surface area contributed by atoms with Crippen LogP contribution in [0.15, 0.2) is 97.1 Å². The van der Waals surface area contributed by atoms with Crippen LogP contribution < -0.4 is 0 Å². The quantitative estimate of drug-likeness (QED) is 0.458. The molecule has 0 bridgehead atoms. The number of para-hydroxylation sites is 2. The van der Waals surface area contributed by atoms with Gasteiger partial charge in [-0.05, 0) is 17.7 Å². The van der Waals surface area contributed by atoms with Crippen LogP contribution in [-0.4, -0.2) is 16.0 Å². The summed E-state index contributed by atoms with van der Waals surface area (Å²) in [6.45, 7) is 0. The van der Waals surface area contributed by atoms with Gasteiger partial charge in [-0.3, -0.25) is 4.79 Å². The molecular weight excluding hydrogens is 348 g/mol. The van der Waals surface area contributed by atoms with E-state index in [-0.39, 0.29) is 17.3 Å². The van der Waals surface area contributed by atoms with Crippen molar-refractivity contribution in [2.24, 2.45) is 0 Å².